The Balaban J connectivity index is 2.66. The number of likely N-dealkylation sites (N-methyl/N-ethyl adjacent to an activating group) is 1. The highest BCUT2D eigenvalue weighted by Crippen LogP contribution is 2.33. The summed E-state index contributed by atoms with van der Waals surface area (Å²) >= 11 is 0. The standard InChI is InChI=1S/C11H21NO3/c1-12(8-9-15-2)11(10(13)14)6-4-3-5-7-11/h3-9H2,1-2H3,(H,13,14). The van der Waals surface area contributed by atoms with Gasteiger partial charge in [0.1, 0.15) is 5.54 Å². The van der Waals surface area contributed by atoms with Crippen LogP contribution >= 0.6 is 0 Å². The van der Waals surface area contributed by atoms with Crippen LogP contribution in [0.2, 0.25) is 0 Å². The minimum Gasteiger partial charge on any atom is -0.480 e. The first-order valence-corrected chi connectivity index (χ1v) is 5.57. The monoisotopic (exact) mass is 215 g/mol. The van der Waals surface area contributed by atoms with Crippen LogP contribution in [0.3, 0.4) is 0 Å². The third kappa shape index (κ3) is 2.69. The van der Waals surface area contributed by atoms with Gasteiger partial charge in [-0.25, -0.2) is 0 Å². The van der Waals surface area contributed by atoms with Crippen molar-refractivity contribution in [1.29, 1.82) is 0 Å². The maximum Gasteiger partial charge on any atom is 0.324 e. The van der Waals surface area contributed by atoms with Crippen LogP contribution in [-0.2, 0) is 9.53 Å². The van der Waals surface area contributed by atoms with Crippen LogP contribution in [0.15, 0.2) is 0 Å². The van der Waals surface area contributed by atoms with E-state index in [-0.39, 0.29) is 0 Å². The molecule has 0 amide bonds. The number of carboxylic acid groups (broad SMARTS) is 1. The summed E-state index contributed by atoms with van der Waals surface area (Å²) in [4.78, 5) is 13.3. The van der Waals surface area contributed by atoms with Gasteiger partial charge in [0.05, 0.1) is 6.61 Å². The number of carbonyl (C=O) groups is 1. The van der Waals surface area contributed by atoms with Crippen molar-refractivity contribution in [3.63, 3.8) is 0 Å². The number of hydrogen-bond acceptors (Lipinski definition) is 3. The van der Waals surface area contributed by atoms with Crippen LogP contribution in [0.1, 0.15) is 32.1 Å². The van der Waals surface area contributed by atoms with Crippen LogP contribution in [0.25, 0.3) is 0 Å². The zero-order valence-corrected chi connectivity index (χ0v) is 9.66. The summed E-state index contributed by atoms with van der Waals surface area (Å²) in [5.41, 5.74) is -0.642. The van der Waals surface area contributed by atoms with E-state index in [2.05, 4.69) is 0 Å². The Morgan fingerprint density at radius 3 is 2.47 bits per heavy atom. The fourth-order valence-corrected chi connectivity index (χ4v) is 2.34. The molecule has 0 unspecified atom stereocenters. The predicted molar refractivity (Wildman–Crippen MR) is 58.0 cm³/mol. The molecule has 0 aromatic heterocycles. The fraction of sp³-hybridized carbons (Fsp3) is 0.909. The summed E-state index contributed by atoms with van der Waals surface area (Å²) < 4.78 is 4.99. The van der Waals surface area contributed by atoms with E-state index in [1.807, 2.05) is 11.9 Å². The third-order valence-corrected chi connectivity index (χ3v) is 3.44. The Morgan fingerprint density at radius 1 is 1.40 bits per heavy atom. The zero-order chi connectivity index (χ0) is 11.3. The highest BCUT2D eigenvalue weighted by atomic mass is 16.5. The van der Waals surface area contributed by atoms with Gasteiger partial charge in [0, 0.05) is 13.7 Å². The van der Waals surface area contributed by atoms with Crippen LogP contribution in [0, 0.1) is 0 Å². The summed E-state index contributed by atoms with van der Waals surface area (Å²) in [6.45, 7) is 1.27. The van der Waals surface area contributed by atoms with Crippen molar-refractivity contribution in [3.8, 4) is 0 Å². The largest absolute Gasteiger partial charge is 0.480 e. The lowest BCUT2D eigenvalue weighted by Gasteiger charge is -2.40. The Labute approximate surface area is 91.2 Å². The highest BCUT2D eigenvalue weighted by molar-refractivity contribution is 5.78. The number of hydrogen-bond donors (Lipinski definition) is 1. The van der Waals surface area contributed by atoms with Gasteiger partial charge in [-0.15, -0.1) is 0 Å². The molecule has 1 aliphatic carbocycles. The molecule has 0 atom stereocenters. The van der Waals surface area contributed by atoms with Crippen LogP contribution < -0.4 is 0 Å². The number of nitrogens with zero attached hydrogens (tertiary/aromatic N) is 1. The van der Waals surface area contributed by atoms with Crippen molar-refractivity contribution in [2.45, 2.75) is 37.6 Å². The molecule has 0 saturated heterocycles. The molecular weight excluding hydrogens is 194 g/mol. The van der Waals surface area contributed by atoms with Crippen molar-refractivity contribution >= 4 is 5.97 Å². The predicted octanol–water partition coefficient (Wildman–Crippen LogP) is 1.35. The molecule has 0 radical (unpaired) electrons. The first-order valence-electron chi connectivity index (χ1n) is 5.57. The van der Waals surface area contributed by atoms with Gasteiger partial charge < -0.3 is 9.84 Å². The van der Waals surface area contributed by atoms with Gasteiger partial charge in [0.2, 0.25) is 0 Å². The second-order valence-corrected chi connectivity index (χ2v) is 4.31. The molecule has 88 valence electrons. The molecule has 1 N–H and O–H groups in total. The lowest BCUT2D eigenvalue weighted by Crippen LogP contribution is -2.54. The molecule has 1 fully saturated rings. The van der Waals surface area contributed by atoms with Crippen LogP contribution in [0.4, 0.5) is 0 Å². The zero-order valence-electron chi connectivity index (χ0n) is 9.66. The number of carboxylic acids is 1. The molecule has 0 aromatic rings. The third-order valence-electron chi connectivity index (χ3n) is 3.44. The van der Waals surface area contributed by atoms with Crippen molar-refractivity contribution in [2.75, 3.05) is 27.3 Å². The van der Waals surface area contributed by atoms with E-state index in [9.17, 15) is 9.90 Å². The van der Waals surface area contributed by atoms with E-state index in [4.69, 9.17) is 4.74 Å². The van der Waals surface area contributed by atoms with E-state index >= 15 is 0 Å². The molecule has 0 aromatic carbocycles. The molecule has 15 heavy (non-hydrogen) atoms. The minimum atomic E-state index is -0.680. The van der Waals surface area contributed by atoms with Crippen molar-refractivity contribution < 1.29 is 14.6 Å². The normalized spacial score (nSPS) is 20.5. The van der Waals surface area contributed by atoms with Gasteiger partial charge in [-0.2, -0.15) is 0 Å². The van der Waals surface area contributed by atoms with E-state index < -0.39 is 11.5 Å². The van der Waals surface area contributed by atoms with E-state index in [0.717, 1.165) is 32.1 Å². The molecule has 0 spiro atoms. The molecule has 1 rings (SSSR count). The first-order chi connectivity index (χ1) is 7.13. The molecule has 0 bridgehead atoms. The lowest BCUT2D eigenvalue weighted by atomic mass is 9.80. The molecule has 1 saturated carbocycles. The summed E-state index contributed by atoms with van der Waals surface area (Å²) in [7, 11) is 3.53. The van der Waals surface area contributed by atoms with Crippen molar-refractivity contribution in [2.24, 2.45) is 0 Å². The Morgan fingerprint density at radius 2 is 2.00 bits per heavy atom. The van der Waals surface area contributed by atoms with Crippen molar-refractivity contribution in [1.82, 2.24) is 4.90 Å². The quantitative estimate of drug-likeness (QED) is 0.752. The van der Waals surface area contributed by atoms with Crippen molar-refractivity contribution in [3.05, 3.63) is 0 Å². The average molecular weight is 215 g/mol. The fourth-order valence-electron chi connectivity index (χ4n) is 2.34. The van der Waals surface area contributed by atoms with Crippen LogP contribution in [-0.4, -0.2) is 48.8 Å². The van der Waals surface area contributed by atoms with Gasteiger partial charge in [-0.3, -0.25) is 9.69 Å². The smallest absolute Gasteiger partial charge is 0.324 e. The lowest BCUT2D eigenvalue weighted by molar-refractivity contribution is -0.153. The number of ether oxygens (including phenoxy) is 1. The summed E-state index contributed by atoms with van der Waals surface area (Å²) in [5, 5.41) is 9.38. The number of rotatable bonds is 5. The molecule has 4 heteroatoms. The van der Waals surface area contributed by atoms with Gasteiger partial charge in [-0.05, 0) is 19.9 Å². The van der Waals surface area contributed by atoms with E-state index in [1.165, 1.54) is 0 Å². The molecule has 1 aliphatic rings. The second-order valence-electron chi connectivity index (χ2n) is 4.31. The molecule has 0 heterocycles. The summed E-state index contributed by atoms with van der Waals surface area (Å²) in [6.07, 6.45) is 4.73. The Kier molecular flexibility index (Phi) is 4.54. The SMILES string of the molecule is COCCN(C)C1(C(=O)O)CCCCC1. The number of aliphatic carboxylic acids is 1. The van der Waals surface area contributed by atoms with Gasteiger partial charge >= 0.3 is 5.97 Å². The Bertz CT molecular complexity index is 212. The topological polar surface area (TPSA) is 49.8 Å². The molecular formula is C11H21NO3. The molecule has 0 aliphatic heterocycles. The second kappa shape index (κ2) is 5.47. The van der Waals surface area contributed by atoms with Gasteiger partial charge in [-0.1, -0.05) is 19.3 Å². The number of methoxy groups -OCH3 is 1. The van der Waals surface area contributed by atoms with Gasteiger partial charge in [0.15, 0.2) is 0 Å². The highest BCUT2D eigenvalue weighted by Gasteiger charge is 2.42. The van der Waals surface area contributed by atoms with E-state index in [0.29, 0.717) is 13.2 Å². The minimum absolute atomic E-state index is 0.589. The Hall–Kier alpha value is -0.610. The van der Waals surface area contributed by atoms with Gasteiger partial charge in [0.25, 0.3) is 0 Å². The maximum atomic E-state index is 11.4. The summed E-state index contributed by atoms with van der Waals surface area (Å²) in [6, 6.07) is 0. The summed E-state index contributed by atoms with van der Waals surface area (Å²) in [5.74, 6) is -0.680. The van der Waals surface area contributed by atoms with Crippen LogP contribution in [0.5, 0.6) is 0 Å². The molecule has 4 nitrogen and oxygen atoms in total. The average Bonchev–Trinajstić information content (AvgIpc) is 2.26. The van der Waals surface area contributed by atoms with E-state index in [1.54, 1.807) is 7.11 Å². The first kappa shape index (κ1) is 12.5. The maximum absolute atomic E-state index is 11.4.